The van der Waals surface area contributed by atoms with Gasteiger partial charge >= 0.3 is 11.9 Å². The van der Waals surface area contributed by atoms with Crippen LogP contribution in [0.3, 0.4) is 0 Å². The van der Waals surface area contributed by atoms with Gasteiger partial charge in [-0.05, 0) is 38.0 Å². The smallest absolute Gasteiger partial charge is 0.328 e. The second-order valence-corrected chi connectivity index (χ2v) is 9.38. The number of hydrogen-bond donors (Lipinski definition) is 1. The standard InChI is InChI=1S/C28H36N2O8/c1-17(2)24(38-22-10-8-7-9-11-22)20(6)37-28(34)19(5)30-26(32)23-25(21(13-15-31)12-14-29-23)35-16-36-27(33)18(3)4/h7-12,14-15,17-20,24H,13,16H2,1-6H3,(H,30,32)/t19-,20?,24?/m0/s1. The van der Waals surface area contributed by atoms with Gasteiger partial charge in [0.25, 0.3) is 5.91 Å². The molecule has 206 valence electrons. The molecule has 0 aliphatic rings. The minimum Gasteiger partial charge on any atom is -0.486 e. The van der Waals surface area contributed by atoms with Crippen molar-refractivity contribution in [2.75, 3.05) is 6.79 Å². The van der Waals surface area contributed by atoms with Crippen LogP contribution in [0.1, 0.15) is 57.6 Å². The molecule has 0 aliphatic carbocycles. The quantitative estimate of drug-likeness (QED) is 0.222. The number of esters is 2. The SMILES string of the molecule is CC(C)C(=O)OCOc1c(CC=O)ccnc1C(=O)N[C@@H](C)C(=O)OC(C)C(Oc1ccccc1)C(C)C. The predicted octanol–water partition coefficient (Wildman–Crippen LogP) is 3.51. The van der Waals surface area contributed by atoms with Gasteiger partial charge in [-0.2, -0.15) is 0 Å². The Morgan fingerprint density at radius 2 is 1.66 bits per heavy atom. The van der Waals surface area contributed by atoms with E-state index in [0.29, 0.717) is 17.6 Å². The monoisotopic (exact) mass is 528 g/mol. The number of carbonyl (C=O) groups excluding carboxylic acids is 4. The summed E-state index contributed by atoms with van der Waals surface area (Å²) in [5.74, 6) is -1.56. The third-order valence-electron chi connectivity index (χ3n) is 5.52. The molecule has 10 nitrogen and oxygen atoms in total. The van der Waals surface area contributed by atoms with Crippen molar-refractivity contribution in [1.29, 1.82) is 0 Å². The second-order valence-electron chi connectivity index (χ2n) is 9.38. The van der Waals surface area contributed by atoms with Crippen LogP contribution in [0.25, 0.3) is 0 Å². The molecule has 0 aliphatic heterocycles. The van der Waals surface area contributed by atoms with E-state index in [1.54, 1.807) is 20.8 Å². The highest BCUT2D eigenvalue weighted by Gasteiger charge is 2.29. The third kappa shape index (κ3) is 8.86. The van der Waals surface area contributed by atoms with Gasteiger partial charge in [0.1, 0.15) is 30.3 Å². The maximum absolute atomic E-state index is 13.0. The summed E-state index contributed by atoms with van der Waals surface area (Å²) in [5.41, 5.74) is 0.215. The zero-order valence-corrected chi connectivity index (χ0v) is 22.6. The van der Waals surface area contributed by atoms with Crippen LogP contribution < -0.4 is 14.8 Å². The van der Waals surface area contributed by atoms with Crippen LogP contribution in [0.2, 0.25) is 0 Å². The van der Waals surface area contributed by atoms with Crippen LogP contribution in [0.15, 0.2) is 42.6 Å². The molecule has 2 rings (SSSR count). The van der Waals surface area contributed by atoms with Gasteiger partial charge < -0.3 is 29.1 Å². The lowest BCUT2D eigenvalue weighted by molar-refractivity contribution is -0.156. The third-order valence-corrected chi connectivity index (χ3v) is 5.52. The maximum atomic E-state index is 13.0. The molecule has 1 aromatic carbocycles. The first kappa shape index (κ1) is 30.3. The molecule has 0 saturated heterocycles. The Morgan fingerprint density at radius 1 is 0.974 bits per heavy atom. The zero-order chi connectivity index (χ0) is 28.2. The van der Waals surface area contributed by atoms with E-state index >= 15 is 0 Å². The Morgan fingerprint density at radius 3 is 2.26 bits per heavy atom. The summed E-state index contributed by atoms with van der Waals surface area (Å²) in [6, 6.07) is 9.71. The topological polar surface area (TPSA) is 130 Å². The van der Waals surface area contributed by atoms with Crippen LogP contribution in [0.4, 0.5) is 0 Å². The molecule has 38 heavy (non-hydrogen) atoms. The van der Waals surface area contributed by atoms with Crippen molar-refractivity contribution < 1.29 is 38.1 Å². The van der Waals surface area contributed by atoms with Gasteiger partial charge in [0.15, 0.2) is 11.4 Å². The summed E-state index contributed by atoms with van der Waals surface area (Å²) in [6.45, 7) is 10.00. The summed E-state index contributed by atoms with van der Waals surface area (Å²) >= 11 is 0. The number of carbonyl (C=O) groups is 4. The molecule has 2 unspecified atom stereocenters. The lowest BCUT2D eigenvalue weighted by Crippen LogP contribution is -2.44. The lowest BCUT2D eigenvalue weighted by Gasteiger charge is -2.29. The van der Waals surface area contributed by atoms with Crippen molar-refractivity contribution >= 4 is 24.1 Å². The first-order valence-corrected chi connectivity index (χ1v) is 12.5. The number of nitrogens with zero attached hydrogens (tertiary/aromatic N) is 1. The number of benzene rings is 1. The Hall–Kier alpha value is -3.95. The number of aromatic nitrogens is 1. The summed E-state index contributed by atoms with van der Waals surface area (Å²) in [4.78, 5) is 52.8. The van der Waals surface area contributed by atoms with E-state index in [2.05, 4.69) is 10.3 Å². The van der Waals surface area contributed by atoms with Crippen LogP contribution in [0.5, 0.6) is 11.5 Å². The van der Waals surface area contributed by atoms with Gasteiger partial charge in [0, 0.05) is 18.2 Å². The number of para-hydroxylation sites is 1. The van der Waals surface area contributed by atoms with Crippen molar-refractivity contribution in [2.45, 2.75) is 66.2 Å². The molecule has 3 atom stereocenters. The number of pyridine rings is 1. The van der Waals surface area contributed by atoms with Gasteiger partial charge in [-0.3, -0.25) is 9.59 Å². The predicted molar refractivity (Wildman–Crippen MR) is 139 cm³/mol. The number of rotatable bonds is 14. The molecule has 2 aromatic rings. The van der Waals surface area contributed by atoms with Crippen molar-refractivity contribution in [1.82, 2.24) is 10.3 Å². The Kier molecular flexibility index (Phi) is 11.7. The molecular weight excluding hydrogens is 492 g/mol. The minimum atomic E-state index is -1.03. The normalized spacial score (nSPS) is 13.3. The molecule has 0 radical (unpaired) electrons. The number of hydrogen-bond acceptors (Lipinski definition) is 9. The first-order valence-electron chi connectivity index (χ1n) is 12.5. The average molecular weight is 529 g/mol. The Labute approximate surface area is 223 Å². The molecule has 0 spiro atoms. The highest BCUT2D eigenvalue weighted by atomic mass is 16.7. The fraction of sp³-hybridized carbons (Fsp3) is 0.464. The molecule has 0 saturated carbocycles. The van der Waals surface area contributed by atoms with Crippen molar-refractivity contribution in [3.05, 3.63) is 53.9 Å². The first-order chi connectivity index (χ1) is 18.0. The number of ether oxygens (including phenoxy) is 4. The molecule has 1 amide bonds. The van der Waals surface area contributed by atoms with Gasteiger partial charge in [-0.15, -0.1) is 0 Å². The van der Waals surface area contributed by atoms with E-state index in [4.69, 9.17) is 18.9 Å². The maximum Gasteiger partial charge on any atom is 0.328 e. The summed E-state index contributed by atoms with van der Waals surface area (Å²) < 4.78 is 22.2. The second kappa shape index (κ2) is 14.7. The summed E-state index contributed by atoms with van der Waals surface area (Å²) in [5, 5.41) is 2.55. The molecule has 10 heteroatoms. The van der Waals surface area contributed by atoms with E-state index in [1.165, 1.54) is 19.2 Å². The highest BCUT2D eigenvalue weighted by molar-refractivity contribution is 5.97. The van der Waals surface area contributed by atoms with Crippen LogP contribution in [-0.4, -0.2) is 54.2 Å². The highest BCUT2D eigenvalue weighted by Crippen LogP contribution is 2.23. The molecular formula is C28H36N2O8. The van der Waals surface area contributed by atoms with E-state index in [0.717, 1.165) is 0 Å². The molecule has 1 N–H and O–H groups in total. The summed E-state index contributed by atoms with van der Waals surface area (Å²) in [7, 11) is 0. The number of amides is 1. The van der Waals surface area contributed by atoms with E-state index in [1.807, 2.05) is 44.2 Å². The average Bonchev–Trinajstić information content (AvgIpc) is 2.88. The lowest BCUT2D eigenvalue weighted by atomic mass is 10.0. The zero-order valence-electron chi connectivity index (χ0n) is 22.6. The van der Waals surface area contributed by atoms with Gasteiger partial charge in [-0.25, -0.2) is 9.78 Å². The molecule has 1 aromatic heterocycles. The number of nitrogens with one attached hydrogen (secondary N) is 1. The fourth-order valence-electron chi connectivity index (χ4n) is 3.48. The van der Waals surface area contributed by atoms with E-state index < -0.39 is 42.9 Å². The van der Waals surface area contributed by atoms with Crippen molar-refractivity contribution in [2.24, 2.45) is 11.8 Å². The van der Waals surface area contributed by atoms with Gasteiger partial charge in [-0.1, -0.05) is 45.9 Å². The number of aldehydes is 1. The molecule has 0 fully saturated rings. The molecule has 1 heterocycles. The Balaban J connectivity index is 2.09. The van der Waals surface area contributed by atoms with Gasteiger partial charge in [0.2, 0.25) is 6.79 Å². The van der Waals surface area contributed by atoms with E-state index in [9.17, 15) is 19.2 Å². The van der Waals surface area contributed by atoms with Crippen LogP contribution in [0, 0.1) is 11.8 Å². The fourth-order valence-corrected chi connectivity index (χ4v) is 3.48. The molecule has 0 bridgehead atoms. The van der Waals surface area contributed by atoms with Crippen molar-refractivity contribution in [3.63, 3.8) is 0 Å². The van der Waals surface area contributed by atoms with Crippen molar-refractivity contribution in [3.8, 4) is 11.5 Å². The van der Waals surface area contributed by atoms with Crippen LogP contribution in [-0.2, 0) is 30.3 Å². The van der Waals surface area contributed by atoms with Gasteiger partial charge in [0.05, 0.1) is 5.92 Å². The largest absolute Gasteiger partial charge is 0.486 e. The summed E-state index contributed by atoms with van der Waals surface area (Å²) in [6.07, 6.45) is 0.919. The van der Waals surface area contributed by atoms with Crippen LogP contribution >= 0.6 is 0 Å². The van der Waals surface area contributed by atoms with E-state index in [-0.39, 0.29) is 29.7 Å². The minimum absolute atomic E-state index is 0.0151. The Bertz CT molecular complexity index is 1090.